The number of benzene rings is 2. The topological polar surface area (TPSA) is 49.4 Å². The van der Waals surface area contributed by atoms with Gasteiger partial charge in [0.25, 0.3) is 0 Å². The number of nitrogens with zero attached hydrogens (tertiary/aromatic N) is 1. The maximum Gasteiger partial charge on any atom is 0.242 e. The van der Waals surface area contributed by atoms with Crippen molar-refractivity contribution >= 4 is 11.8 Å². The first kappa shape index (κ1) is 16.7. The van der Waals surface area contributed by atoms with Crippen LogP contribution in [0.15, 0.2) is 60.7 Å². The highest BCUT2D eigenvalue weighted by molar-refractivity contribution is 5.87. The molecule has 0 radical (unpaired) electrons. The molecule has 4 nitrogen and oxygen atoms in total. The molecule has 4 heteroatoms. The molecule has 0 aliphatic heterocycles. The molecule has 0 unspecified atom stereocenters. The first-order valence-electron chi connectivity index (χ1n) is 7.68. The van der Waals surface area contributed by atoms with Gasteiger partial charge in [0.05, 0.1) is 0 Å². The van der Waals surface area contributed by atoms with E-state index in [1.807, 2.05) is 60.7 Å². The molecular weight excluding hydrogens is 288 g/mol. The normalized spacial score (nSPS) is 11.6. The van der Waals surface area contributed by atoms with Crippen molar-refractivity contribution in [3.8, 4) is 0 Å². The second kappa shape index (κ2) is 8.13. The fraction of sp³-hybridized carbons (Fsp3) is 0.263. The maximum atomic E-state index is 12.3. The number of hydrogen-bond acceptors (Lipinski definition) is 2. The molecule has 0 spiro atoms. The Labute approximate surface area is 137 Å². The number of carbonyl (C=O) groups excluding carboxylic acids is 2. The SMILES string of the molecule is CNC(=O)[C@@H](Cc1ccccc1)N(Cc1ccccc1)C(C)=O. The van der Waals surface area contributed by atoms with Crippen LogP contribution in [0.2, 0.25) is 0 Å². The second-order valence-electron chi connectivity index (χ2n) is 5.45. The molecular formula is C19H22N2O2. The highest BCUT2D eigenvalue weighted by Gasteiger charge is 2.27. The Morgan fingerprint density at radius 1 is 0.957 bits per heavy atom. The number of rotatable bonds is 6. The molecule has 2 rings (SSSR count). The Morgan fingerprint density at radius 2 is 1.48 bits per heavy atom. The molecule has 0 aliphatic carbocycles. The van der Waals surface area contributed by atoms with Gasteiger partial charge in [-0.05, 0) is 11.1 Å². The van der Waals surface area contributed by atoms with E-state index in [2.05, 4.69) is 5.32 Å². The second-order valence-corrected chi connectivity index (χ2v) is 5.45. The molecule has 2 amide bonds. The van der Waals surface area contributed by atoms with E-state index in [-0.39, 0.29) is 11.8 Å². The van der Waals surface area contributed by atoms with Crippen molar-refractivity contribution in [2.24, 2.45) is 0 Å². The van der Waals surface area contributed by atoms with Gasteiger partial charge >= 0.3 is 0 Å². The zero-order valence-electron chi connectivity index (χ0n) is 13.5. The molecule has 0 aromatic heterocycles. The van der Waals surface area contributed by atoms with Crippen LogP contribution < -0.4 is 5.32 Å². The molecule has 0 bridgehead atoms. The van der Waals surface area contributed by atoms with E-state index in [0.717, 1.165) is 11.1 Å². The molecule has 1 atom stereocenters. The van der Waals surface area contributed by atoms with E-state index in [1.165, 1.54) is 6.92 Å². The van der Waals surface area contributed by atoms with Crippen molar-refractivity contribution in [3.05, 3.63) is 71.8 Å². The predicted molar refractivity (Wildman–Crippen MR) is 90.7 cm³/mol. The van der Waals surface area contributed by atoms with Gasteiger partial charge in [-0.3, -0.25) is 9.59 Å². The highest BCUT2D eigenvalue weighted by Crippen LogP contribution is 2.14. The van der Waals surface area contributed by atoms with Gasteiger partial charge in [-0.1, -0.05) is 60.7 Å². The number of carbonyl (C=O) groups is 2. The Hall–Kier alpha value is -2.62. The molecule has 0 saturated heterocycles. The summed E-state index contributed by atoms with van der Waals surface area (Å²) >= 11 is 0. The first-order chi connectivity index (χ1) is 11.1. The Bertz CT molecular complexity index is 641. The number of likely N-dealkylation sites (N-methyl/N-ethyl adjacent to an activating group) is 1. The van der Waals surface area contributed by atoms with Crippen LogP contribution in [0.5, 0.6) is 0 Å². The van der Waals surface area contributed by atoms with Crippen LogP contribution in [-0.4, -0.2) is 29.8 Å². The fourth-order valence-corrected chi connectivity index (χ4v) is 2.57. The Balaban J connectivity index is 2.26. The van der Waals surface area contributed by atoms with E-state index in [9.17, 15) is 9.59 Å². The van der Waals surface area contributed by atoms with Crippen molar-refractivity contribution in [2.75, 3.05) is 7.05 Å². The monoisotopic (exact) mass is 310 g/mol. The lowest BCUT2D eigenvalue weighted by Gasteiger charge is -2.30. The van der Waals surface area contributed by atoms with Gasteiger partial charge in [-0.25, -0.2) is 0 Å². The molecule has 23 heavy (non-hydrogen) atoms. The van der Waals surface area contributed by atoms with Crippen molar-refractivity contribution in [1.29, 1.82) is 0 Å². The lowest BCUT2D eigenvalue weighted by molar-refractivity contribution is -0.139. The quantitative estimate of drug-likeness (QED) is 0.890. The third-order valence-corrected chi connectivity index (χ3v) is 3.80. The van der Waals surface area contributed by atoms with E-state index in [4.69, 9.17) is 0 Å². The molecule has 0 fully saturated rings. The zero-order chi connectivity index (χ0) is 16.7. The summed E-state index contributed by atoms with van der Waals surface area (Å²) in [5.74, 6) is -0.265. The first-order valence-corrected chi connectivity index (χ1v) is 7.68. The van der Waals surface area contributed by atoms with E-state index < -0.39 is 6.04 Å². The molecule has 2 aromatic rings. The van der Waals surface area contributed by atoms with Crippen molar-refractivity contribution < 1.29 is 9.59 Å². The van der Waals surface area contributed by atoms with Crippen LogP contribution in [0.3, 0.4) is 0 Å². The summed E-state index contributed by atoms with van der Waals surface area (Å²) in [6.45, 7) is 1.92. The molecule has 2 aromatic carbocycles. The van der Waals surface area contributed by atoms with Gasteiger partial charge in [0.1, 0.15) is 6.04 Å². The van der Waals surface area contributed by atoms with E-state index >= 15 is 0 Å². The van der Waals surface area contributed by atoms with Gasteiger partial charge in [0.2, 0.25) is 11.8 Å². The number of nitrogens with one attached hydrogen (secondary N) is 1. The third-order valence-electron chi connectivity index (χ3n) is 3.80. The smallest absolute Gasteiger partial charge is 0.242 e. The average Bonchev–Trinajstić information content (AvgIpc) is 2.59. The van der Waals surface area contributed by atoms with Gasteiger partial charge in [-0.2, -0.15) is 0 Å². The van der Waals surface area contributed by atoms with Crippen LogP contribution in [0.4, 0.5) is 0 Å². The summed E-state index contributed by atoms with van der Waals surface area (Å²) < 4.78 is 0. The summed E-state index contributed by atoms with van der Waals surface area (Å²) in [6.07, 6.45) is 0.493. The largest absolute Gasteiger partial charge is 0.357 e. The van der Waals surface area contributed by atoms with Crippen LogP contribution in [0.25, 0.3) is 0 Å². The summed E-state index contributed by atoms with van der Waals surface area (Å²) in [5, 5.41) is 2.67. The lowest BCUT2D eigenvalue weighted by Crippen LogP contribution is -2.49. The van der Waals surface area contributed by atoms with Crippen LogP contribution >= 0.6 is 0 Å². The minimum Gasteiger partial charge on any atom is -0.357 e. The number of hydrogen-bond donors (Lipinski definition) is 1. The average molecular weight is 310 g/mol. The summed E-state index contributed by atoms with van der Waals surface area (Å²) in [4.78, 5) is 26.1. The molecule has 0 saturated carbocycles. The van der Waals surface area contributed by atoms with Crippen molar-refractivity contribution in [3.63, 3.8) is 0 Å². The summed E-state index contributed by atoms with van der Waals surface area (Å²) in [5.41, 5.74) is 2.03. The summed E-state index contributed by atoms with van der Waals surface area (Å²) in [7, 11) is 1.60. The molecule has 1 N–H and O–H groups in total. The van der Waals surface area contributed by atoms with E-state index in [1.54, 1.807) is 11.9 Å². The van der Waals surface area contributed by atoms with Crippen LogP contribution in [0.1, 0.15) is 18.1 Å². The van der Waals surface area contributed by atoms with Gasteiger partial charge in [-0.15, -0.1) is 0 Å². The zero-order valence-corrected chi connectivity index (χ0v) is 13.5. The minimum atomic E-state index is -0.528. The van der Waals surface area contributed by atoms with Gasteiger partial charge in [0, 0.05) is 26.9 Å². The highest BCUT2D eigenvalue weighted by atomic mass is 16.2. The van der Waals surface area contributed by atoms with Gasteiger partial charge in [0.15, 0.2) is 0 Å². The number of amides is 2. The Morgan fingerprint density at radius 3 is 1.96 bits per heavy atom. The lowest BCUT2D eigenvalue weighted by atomic mass is 10.0. The molecule has 120 valence electrons. The third kappa shape index (κ3) is 4.68. The van der Waals surface area contributed by atoms with Crippen molar-refractivity contribution in [1.82, 2.24) is 10.2 Å². The van der Waals surface area contributed by atoms with Crippen LogP contribution in [-0.2, 0) is 22.6 Å². The summed E-state index contributed by atoms with van der Waals surface area (Å²) in [6, 6.07) is 18.9. The Kier molecular flexibility index (Phi) is 5.92. The van der Waals surface area contributed by atoms with E-state index in [0.29, 0.717) is 13.0 Å². The minimum absolute atomic E-state index is 0.113. The van der Waals surface area contributed by atoms with Crippen molar-refractivity contribution in [2.45, 2.75) is 25.9 Å². The molecule has 0 aliphatic rings. The molecule has 0 heterocycles. The maximum absolute atomic E-state index is 12.3. The van der Waals surface area contributed by atoms with Gasteiger partial charge < -0.3 is 10.2 Å². The predicted octanol–water partition coefficient (Wildman–Crippen LogP) is 2.39. The fourth-order valence-electron chi connectivity index (χ4n) is 2.57. The standard InChI is InChI=1S/C19H22N2O2/c1-15(22)21(14-17-11-7-4-8-12-17)18(19(23)20-2)13-16-9-5-3-6-10-16/h3-12,18H,13-14H2,1-2H3,(H,20,23)/t18-/m1/s1. The van der Waals surface area contributed by atoms with Crippen LogP contribution in [0, 0.1) is 0 Å².